The second-order valence-electron chi connectivity index (χ2n) is 7.50. The van der Waals surface area contributed by atoms with E-state index in [2.05, 4.69) is 32.9 Å². The van der Waals surface area contributed by atoms with Gasteiger partial charge in [0, 0.05) is 5.92 Å². The Hall–Kier alpha value is -1.64. The summed E-state index contributed by atoms with van der Waals surface area (Å²) in [6.07, 6.45) is 1.78. The maximum absolute atomic E-state index is 12.6. The SMILES string of the molecule is COC(=O)C1(Cc2ccc(C(C)(C)C)cc2)CCC(C)C1=O. The van der Waals surface area contributed by atoms with Crippen molar-refractivity contribution in [2.75, 3.05) is 7.11 Å². The highest BCUT2D eigenvalue weighted by atomic mass is 16.5. The molecule has 1 aromatic carbocycles. The van der Waals surface area contributed by atoms with Crippen molar-refractivity contribution in [1.29, 1.82) is 0 Å². The molecule has 3 heteroatoms. The molecular formula is C19H26O3. The van der Waals surface area contributed by atoms with E-state index in [1.165, 1.54) is 12.7 Å². The molecule has 0 radical (unpaired) electrons. The van der Waals surface area contributed by atoms with Gasteiger partial charge in [-0.3, -0.25) is 9.59 Å². The third kappa shape index (κ3) is 2.94. The number of hydrogen-bond donors (Lipinski definition) is 0. The van der Waals surface area contributed by atoms with Crippen LogP contribution < -0.4 is 0 Å². The number of benzene rings is 1. The first-order chi connectivity index (χ1) is 10.2. The van der Waals surface area contributed by atoms with Gasteiger partial charge in [-0.2, -0.15) is 0 Å². The van der Waals surface area contributed by atoms with Crippen molar-refractivity contribution in [2.24, 2.45) is 11.3 Å². The lowest BCUT2D eigenvalue weighted by Gasteiger charge is -2.25. The maximum atomic E-state index is 12.6. The Morgan fingerprint density at radius 2 is 1.86 bits per heavy atom. The van der Waals surface area contributed by atoms with E-state index < -0.39 is 5.41 Å². The Balaban J connectivity index is 2.29. The Morgan fingerprint density at radius 3 is 2.27 bits per heavy atom. The molecule has 1 saturated carbocycles. The van der Waals surface area contributed by atoms with Crippen molar-refractivity contribution in [2.45, 2.75) is 52.4 Å². The number of carbonyl (C=O) groups excluding carboxylic acids is 2. The molecule has 0 aliphatic heterocycles. The van der Waals surface area contributed by atoms with Gasteiger partial charge in [0.1, 0.15) is 5.41 Å². The Bertz CT molecular complexity index is 565. The highest BCUT2D eigenvalue weighted by Crippen LogP contribution is 2.42. The Labute approximate surface area is 133 Å². The molecule has 0 spiro atoms. The van der Waals surface area contributed by atoms with Crippen LogP contribution in [0.1, 0.15) is 51.7 Å². The fraction of sp³-hybridized carbons (Fsp3) is 0.579. The molecule has 1 aliphatic carbocycles. The summed E-state index contributed by atoms with van der Waals surface area (Å²) in [4.78, 5) is 24.8. The zero-order valence-corrected chi connectivity index (χ0v) is 14.2. The highest BCUT2D eigenvalue weighted by molar-refractivity contribution is 6.06. The van der Waals surface area contributed by atoms with Crippen molar-refractivity contribution in [3.05, 3.63) is 35.4 Å². The smallest absolute Gasteiger partial charge is 0.319 e. The number of rotatable bonds is 3. The molecule has 1 aliphatic rings. The fourth-order valence-corrected chi connectivity index (χ4v) is 3.31. The molecule has 120 valence electrons. The fourth-order valence-electron chi connectivity index (χ4n) is 3.31. The van der Waals surface area contributed by atoms with Crippen LogP contribution in [0.2, 0.25) is 0 Å². The average molecular weight is 302 g/mol. The predicted octanol–water partition coefficient (Wildman–Crippen LogP) is 3.69. The van der Waals surface area contributed by atoms with Crippen LogP contribution in [0.4, 0.5) is 0 Å². The van der Waals surface area contributed by atoms with Gasteiger partial charge in [-0.15, -0.1) is 0 Å². The summed E-state index contributed by atoms with van der Waals surface area (Å²) in [6, 6.07) is 8.23. The molecule has 0 amide bonds. The molecule has 2 rings (SSSR count). The van der Waals surface area contributed by atoms with Gasteiger partial charge in [-0.25, -0.2) is 0 Å². The topological polar surface area (TPSA) is 43.4 Å². The van der Waals surface area contributed by atoms with E-state index >= 15 is 0 Å². The Kier molecular flexibility index (Phi) is 4.46. The van der Waals surface area contributed by atoms with Crippen molar-refractivity contribution in [3.63, 3.8) is 0 Å². The van der Waals surface area contributed by atoms with Crippen molar-refractivity contribution in [1.82, 2.24) is 0 Å². The van der Waals surface area contributed by atoms with Crippen molar-refractivity contribution in [3.8, 4) is 0 Å². The minimum absolute atomic E-state index is 0.0271. The first kappa shape index (κ1) is 16.7. The van der Waals surface area contributed by atoms with Gasteiger partial charge in [0.15, 0.2) is 5.78 Å². The van der Waals surface area contributed by atoms with Crippen LogP contribution in [-0.4, -0.2) is 18.9 Å². The number of carbonyl (C=O) groups is 2. The summed E-state index contributed by atoms with van der Waals surface area (Å²) in [5, 5.41) is 0. The first-order valence-corrected chi connectivity index (χ1v) is 7.93. The van der Waals surface area contributed by atoms with Crippen molar-refractivity contribution < 1.29 is 14.3 Å². The summed E-state index contributed by atoms with van der Waals surface area (Å²) in [7, 11) is 1.36. The van der Waals surface area contributed by atoms with Gasteiger partial charge < -0.3 is 4.74 Å². The summed E-state index contributed by atoms with van der Waals surface area (Å²) in [5.41, 5.74) is 1.36. The molecule has 0 aromatic heterocycles. The molecule has 2 atom stereocenters. The lowest BCUT2D eigenvalue weighted by molar-refractivity contribution is -0.157. The molecule has 0 saturated heterocycles. The maximum Gasteiger partial charge on any atom is 0.319 e. The van der Waals surface area contributed by atoms with Crippen LogP contribution in [0.15, 0.2) is 24.3 Å². The normalized spacial score (nSPS) is 25.3. The van der Waals surface area contributed by atoms with E-state index in [1.807, 2.05) is 19.1 Å². The van der Waals surface area contributed by atoms with Crippen LogP contribution in [0.5, 0.6) is 0 Å². The van der Waals surface area contributed by atoms with E-state index in [1.54, 1.807) is 0 Å². The van der Waals surface area contributed by atoms with E-state index in [-0.39, 0.29) is 23.1 Å². The van der Waals surface area contributed by atoms with Crippen LogP contribution in [0.3, 0.4) is 0 Å². The monoisotopic (exact) mass is 302 g/mol. The molecule has 3 nitrogen and oxygen atoms in total. The number of Topliss-reactive ketones (excluding diaryl/α,β-unsaturated/α-hetero) is 1. The van der Waals surface area contributed by atoms with Gasteiger partial charge in [-0.05, 0) is 35.8 Å². The molecule has 1 aromatic rings. The van der Waals surface area contributed by atoms with Crippen LogP contribution >= 0.6 is 0 Å². The summed E-state index contributed by atoms with van der Waals surface area (Å²) < 4.78 is 4.95. The summed E-state index contributed by atoms with van der Waals surface area (Å²) >= 11 is 0. The lowest BCUT2D eigenvalue weighted by Crippen LogP contribution is -2.39. The van der Waals surface area contributed by atoms with E-state index in [4.69, 9.17) is 4.74 Å². The molecule has 0 heterocycles. The largest absolute Gasteiger partial charge is 0.468 e. The van der Waals surface area contributed by atoms with Crippen LogP contribution in [0, 0.1) is 11.3 Å². The van der Waals surface area contributed by atoms with Gasteiger partial charge in [0.2, 0.25) is 0 Å². The minimum atomic E-state index is -0.989. The minimum Gasteiger partial charge on any atom is -0.468 e. The van der Waals surface area contributed by atoms with Gasteiger partial charge in [-0.1, -0.05) is 52.0 Å². The molecule has 2 unspecified atom stereocenters. The number of methoxy groups -OCH3 is 1. The van der Waals surface area contributed by atoms with Crippen LogP contribution in [0.25, 0.3) is 0 Å². The molecule has 0 bridgehead atoms. The number of ether oxygens (including phenoxy) is 1. The quantitative estimate of drug-likeness (QED) is 0.632. The molecule has 0 N–H and O–H groups in total. The highest BCUT2D eigenvalue weighted by Gasteiger charge is 2.52. The van der Waals surface area contributed by atoms with E-state index in [0.29, 0.717) is 12.8 Å². The number of esters is 1. The van der Waals surface area contributed by atoms with Crippen LogP contribution in [-0.2, 0) is 26.2 Å². The molecule has 1 fully saturated rings. The second kappa shape index (κ2) is 5.86. The summed E-state index contributed by atoms with van der Waals surface area (Å²) in [5.74, 6) is -0.422. The van der Waals surface area contributed by atoms with Gasteiger partial charge in [0.25, 0.3) is 0 Å². The average Bonchev–Trinajstić information content (AvgIpc) is 2.75. The standard InChI is InChI=1S/C19H26O3/c1-13-10-11-19(16(13)20,17(21)22-5)12-14-6-8-15(9-7-14)18(2,3)4/h6-9,13H,10-12H2,1-5H3. The zero-order valence-electron chi connectivity index (χ0n) is 14.2. The van der Waals surface area contributed by atoms with Gasteiger partial charge >= 0.3 is 5.97 Å². The lowest BCUT2D eigenvalue weighted by atomic mass is 9.77. The van der Waals surface area contributed by atoms with E-state index in [9.17, 15) is 9.59 Å². The molecular weight excluding hydrogens is 276 g/mol. The summed E-state index contributed by atoms with van der Waals surface area (Å²) in [6.45, 7) is 8.40. The molecule has 22 heavy (non-hydrogen) atoms. The third-order valence-electron chi connectivity index (χ3n) is 4.83. The van der Waals surface area contributed by atoms with E-state index in [0.717, 1.165) is 12.0 Å². The zero-order chi connectivity index (χ0) is 16.5. The van der Waals surface area contributed by atoms with Crippen molar-refractivity contribution >= 4 is 11.8 Å². The Morgan fingerprint density at radius 1 is 1.27 bits per heavy atom. The second-order valence-corrected chi connectivity index (χ2v) is 7.50. The number of ketones is 1. The third-order valence-corrected chi connectivity index (χ3v) is 4.83. The first-order valence-electron chi connectivity index (χ1n) is 7.93. The number of hydrogen-bond acceptors (Lipinski definition) is 3. The van der Waals surface area contributed by atoms with Gasteiger partial charge in [0.05, 0.1) is 7.11 Å². The predicted molar refractivity (Wildman–Crippen MR) is 86.7 cm³/mol.